The molecule has 9 unspecified atom stereocenters. The summed E-state index contributed by atoms with van der Waals surface area (Å²) in [5, 5.41) is 59.3. The van der Waals surface area contributed by atoms with Crippen molar-refractivity contribution in [2.45, 2.75) is 141 Å². The van der Waals surface area contributed by atoms with Gasteiger partial charge >= 0.3 is 17.9 Å². The van der Waals surface area contributed by atoms with E-state index in [1.807, 2.05) is 20.8 Å². The van der Waals surface area contributed by atoms with Crippen molar-refractivity contribution in [1.82, 2.24) is 0 Å². The number of aliphatic hydroxyl groups excluding tert-OH is 4. The Balaban J connectivity index is 4.85. The average Bonchev–Trinajstić information content (AvgIpc) is 2.82. The Morgan fingerprint density at radius 3 is 1.82 bits per heavy atom. The van der Waals surface area contributed by atoms with Crippen molar-refractivity contribution < 1.29 is 49.8 Å². The van der Waals surface area contributed by atoms with Crippen LogP contribution in [0.1, 0.15) is 105 Å². The fraction of sp³-hybridized carbons (Fsp3) is 0.893. The van der Waals surface area contributed by atoms with Gasteiger partial charge in [0.2, 0.25) is 0 Å². The standard InChI is InChI=1S/C28H53NO10/c1-5-6-9-18(3)27(39-26(36)15-20(28(37)38)14-25(34)35)24(33)13-17(2)12-21(30)10-7-8-11-22(31)16-23(32)19(4)29/h17-24,27,30-33H,5-16,29H2,1-4H3,(H,34,35)(H,37,38). The van der Waals surface area contributed by atoms with Gasteiger partial charge in [0, 0.05) is 12.5 Å². The first kappa shape index (κ1) is 37.2. The molecule has 0 bridgehead atoms. The van der Waals surface area contributed by atoms with Crippen LogP contribution in [0.5, 0.6) is 0 Å². The van der Waals surface area contributed by atoms with Gasteiger partial charge in [-0.15, -0.1) is 0 Å². The van der Waals surface area contributed by atoms with E-state index in [1.54, 1.807) is 6.92 Å². The molecule has 11 heteroatoms. The summed E-state index contributed by atoms with van der Waals surface area (Å²) in [6.45, 7) is 7.43. The van der Waals surface area contributed by atoms with E-state index >= 15 is 0 Å². The highest BCUT2D eigenvalue weighted by Gasteiger charge is 2.32. The summed E-state index contributed by atoms with van der Waals surface area (Å²) in [7, 11) is 0. The maximum atomic E-state index is 12.5. The predicted octanol–water partition coefficient (Wildman–Crippen LogP) is 2.45. The van der Waals surface area contributed by atoms with E-state index in [0.29, 0.717) is 38.5 Å². The van der Waals surface area contributed by atoms with Gasteiger partial charge in [-0.3, -0.25) is 14.4 Å². The van der Waals surface area contributed by atoms with Crippen LogP contribution in [-0.4, -0.2) is 85.1 Å². The van der Waals surface area contributed by atoms with E-state index in [0.717, 1.165) is 12.8 Å². The van der Waals surface area contributed by atoms with Crippen molar-refractivity contribution in [1.29, 1.82) is 0 Å². The Labute approximate surface area is 232 Å². The first-order chi connectivity index (χ1) is 18.2. The van der Waals surface area contributed by atoms with Gasteiger partial charge in [0.15, 0.2) is 0 Å². The van der Waals surface area contributed by atoms with Gasteiger partial charge in [0.25, 0.3) is 0 Å². The van der Waals surface area contributed by atoms with Crippen molar-refractivity contribution in [3.05, 3.63) is 0 Å². The molecule has 0 aliphatic heterocycles. The summed E-state index contributed by atoms with van der Waals surface area (Å²) < 4.78 is 5.53. The SMILES string of the molecule is CCCCC(C)C(OC(=O)CC(CC(=O)O)C(=O)O)C(O)CC(C)CC(O)CCCCC(O)CC(O)C(C)N. The lowest BCUT2D eigenvalue weighted by Gasteiger charge is -2.31. The summed E-state index contributed by atoms with van der Waals surface area (Å²) >= 11 is 0. The molecule has 0 amide bonds. The summed E-state index contributed by atoms with van der Waals surface area (Å²) in [4.78, 5) is 34.8. The minimum atomic E-state index is -1.41. The van der Waals surface area contributed by atoms with Crippen LogP contribution in [0, 0.1) is 17.8 Å². The molecule has 0 fully saturated rings. The molecule has 0 aromatic carbocycles. The van der Waals surface area contributed by atoms with Crippen LogP contribution >= 0.6 is 0 Å². The van der Waals surface area contributed by atoms with E-state index in [4.69, 9.17) is 15.6 Å². The number of hydrogen-bond donors (Lipinski definition) is 7. The van der Waals surface area contributed by atoms with Crippen LogP contribution in [0.25, 0.3) is 0 Å². The molecule has 0 spiro atoms. The number of carbonyl (C=O) groups is 3. The van der Waals surface area contributed by atoms with Gasteiger partial charge in [0.1, 0.15) is 6.10 Å². The second kappa shape index (κ2) is 20.1. The zero-order valence-corrected chi connectivity index (χ0v) is 24.1. The van der Waals surface area contributed by atoms with E-state index in [-0.39, 0.29) is 24.7 Å². The van der Waals surface area contributed by atoms with Crippen LogP contribution < -0.4 is 5.73 Å². The number of nitrogens with two attached hydrogens (primary N) is 1. The third kappa shape index (κ3) is 17.5. The molecular weight excluding hydrogens is 510 g/mol. The molecule has 0 aliphatic carbocycles. The lowest BCUT2D eigenvalue weighted by Crippen LogP contribution is -2.39. The molecular formula is C28H53NO10. The normalized spacial score (nSPS) is 18.7. The number of aliphatic carboxylic acids is 2. The molecule has 0 heterocycles. The average molecular weight is 564 g/mol. The minimum Gasteiger partial charge on any atom is -0.481 e. The first-order valence-electron chi connectivity index (χ1n) is 14.3. The highest BCUT2D eigenvalue weighted by atomic mass is 16.6. The van der Waals surface area contributed by atoms with Crippen molar-refractivity contribution in [3.63, 3.8) is 0 Å². The molecule has 39 heavy (non-hydrogen) atoms. The molecule has 0 aliphatic rings. The number of hydrogen-bond acceptors (Lipinski definition) is 9. The number of carbonyl (C=O) groups excluding carboxylic acids is 1. The Hall–Kier alpha value is -1.79. The maximum absolute atomic E-state index is 12.5. The van der Waals surface area contributed by atoms with Crippen molar-refractivity contribution in [2.75, 3.05) is 0 Å². The van der Waals surface area contributed by atoms with Gasteiger partial charge in [0.05, 0.1) is 43.2 Å². The Kier molecular flexibility index (Phi) is 19.2. The molecule has 9 atom stereocenters. The number of carboxylic acid groups (broad SMARTS) is 2. The topological polar surface area (TPSA) is 208 Å². The predicted molar refractivity (Wildman–Crippen MR) is 146 cm³/mol. The number of esters is 1. The molecule has 0 aromatic rings. The molecule has 0 aromatic heterocycles. The largest absolute Gasteiger partial charge is 0.481 e. The Bertz CT molecular complexity index is 704. The molecule has 0 rings (SSSR count). The Morgan fingerprint density at radius 1 is 0.769 bits per heavy atom. The van der Waals surface area contributed by atoms with Crippen molar-refractivity contribution in [2.24, 2.45) is 23.5 Å². The monoisotopic (exact) mass is 563 g/mol. The highest BCUT2D eigenvalue weighted by molar-refractivity contribution is 5.82. The number of rotatable bonds is 23. The van der Waals surface area contributed by atoms with Gasteiger partial charge in [-0.05, 0) is 50.9 Å². The van der Waals surface area contributed by atoms with Crippen LogP contribution in [0.3, 0.4) is 0 Å². The van der Waals surface area contributed by atoms with E-state index in [1.165, 1.54) is 0 Å². The first-order valence-corrected chi connectivity index (χ1v) is 14.3. The van der Waals surface area contributed by atoms with Gasteiger partial charge < -0.3 is 41.1 Å². The summed E-state index contributed by atoms with van der Waals surface area (Å²) in [5.74, 6) is -5.30. The maximum Gasteiger partial charge on any atom is 0.307 e. The number of aliphatic hydroxyl groups is 4. The second-order valence-electron chi connectivity index (χ2n) is 11.3. The van der Waals surface area contributed by atoms with E-state index in [9.17, 15) is 39.9 Å². The molecule has 0 radical (unpaired) electrons. The summed E-state index contributed by atoms with van der Waals surface area (Å²) in [6, 6.07) is -0.408. The summed E-state index contributed by atoms with van der Waals surface area (Å²) in [6.07, 6.45) is 0.531. The third-order valence-electron chi connectivity index (χ3n) is 7.17. The zero-order valence-electron chi connectivity index (χ0n) is 24.1. The highest BCUT2D eigenvalue weighted by Crippen LogP contribution is 2.26. The smallest absolute Gasteiger partial charge is 0.307 e. The fourth-order valence-electron chi connectivity index (χ4n) is 4.72. The molecule has 8 N–H and O–H groups in total. The van der Waals surface area contributed by atoms with Crippen LogP contribution in [-0.2, 0) is 19.1 Å². The Morgan fingerprint density at radius 2 is 1.33 bits per heavy atom. The molecule has 11 nitrogen and oxygen atoms in total. The zero-order chi connectivity index (χ0) is 30.1. The second-order valence-corrected chi connectivity index (χ2v) is 11.3. The van der Waals surface area contributed by atoms with Gasteiger partial charge in [-0.25, -0.2) is 0 Å². The molecule has 0 saturated heterocycles. The number of ether oxygens (including phenoxy) is 1. The minimum absolute atomic E-state index is 0.0971. The molecule has 0 saturated carbocycles. The van der Waals surface area contributed by atoms with E-state index < -0.39 is 73.2 Å². The van der Waals surface area contributed by atoms with Crippen molar-refractivity contribution in [3.8, 4) is 0 Å². The quantitative estimate of drug-likeness (QED) is 0.0709. The van der Waals surface area contributed by atoms with Gasteiger partial charge in [-0.2, -0.15) is 0 Å². The van der Waals surface area contributed by atoms with Gasteiger partial charge in [-0.1, -0.05) is 46.5 Å². The van der Waals surface area contributed by atoms with E-state index in [2.05, 4.69) is 0 Å². The lowest BCUT2D eigenvalue weighted by atomic mass is 9.87. The van der Waals surface area contributed by atoms with Crippen LogP contribution in [0.2, 0.25) is 0 Å². The van der Waals surface area contributed by atoms with Crippen molar-refractivity contribution >= 4 is 17.9 Å². The fourth-order valence-corrected chi connectivity index (χ4v) is 4.72. The van der Waals surface area contributed by atoms with Crippen LogP contribution in [0.15, 0.2) is 0 Å². The summed E-state index contributed by atoms with van der Waals surface area (Å²) in [5.41, 5.74) is 5.61. The number of unbranched alkanes of at least 4 members (excludes halogenated alkanes) is 2. The number of carboxylic acids is 2. The lowest BCUT2D eigenvalue weighted by molar-refractivity contribution is -0.165. The van der Waals surface area contributed by atoms with Crippen LogP contribution in [0.4, 0.5) is 0 Å². The molecule has 230 valence electrons. The third-order valence-corrected chi connectivity index (χ3v) is 7.17.